The van der Waals surface area contributed by atoms with E-state index in [0.29, 0.717) is 6.42 Å². The molecule has 0 heterocycles. The van der Waals surface area contributed by atoms with Gasteiger partial charge in [0.25, 0.3) is 0 Å². The lowest BCUT2D eigenvalue weighted by atomic mass is 9.84. The molecule has 0 amide bonds. The summed E-state index contributed by atoms with van der Waals surface area (Å²) in [4.78, 5) is 11.4. The number of carboxylic acid groups (broad SMARTS) is 1. The zero-order valence-corrected chi connectivity index (χ0v) is 12.1. The Morgan fingerprint density at radius 3 is 2.75 bits per heavy atom. The van der Waals surface area contributed by atoms with Crippen molar-refractivity contribution in [3.63, 3.8) is 0 Å². The fourth-order valence-corrected chi connectivity index (χ4v) is 3.02. The molecule has 3 nitrogen and oxygen atoms in total. The predicted octanol–water partition coefficient (Wildman–Crippen LogP) is 4.26. The van der Waals surface area contributed by atoms with Crippen molar-refractivity contribution in [3.8, 4) is 5.75 Å². The van der Waals surface area contributed by atoms with Gasteiger partial charge in [0.2, 0.25) is 0 Å². The molecule has 1 aromatic carbocycles. The van der Waals surface area contributed by atoms with Crippen molar-refractivity contribution in [3.05, 3.63) is 40.5 Å². The fourth-order valence-electron chi connectivity index (χ4n) is 3.02. The highest BCUT2D eigenvalue weighted by Crippen LogP contribution is 2.38. The number of carbonyl (C=O) groups is 1. The molecule has 0 saturated carbocycles. The van der Waals surface area contributed by atoms with Crippen LogP contribution >= 0.6 is 0 Å². The van der Waals surface area contributed by atoms with E-state index < -0.39 is 5.97 Å². The first-order valence-electron chi connectivity index (χ1n) is 7.30. The molecule has 0 aromatic heterocycles. The Morgan fingerprint density at radius 1 is 1.40 bits per heavy atom. The number of phenols is 1. The van der Waals surface area contributed by atoms with Gasteiger partial charge >= 0.3 is 5.97 Å². The third kappa shape index (κ3) is 2.87. The topological polar surface area (TPSA) is 57.5 Å². The summed E-state index contributed by atoms with van der Waals surface area (Å²) >= 11 is 0. The van der Waals surface area contributed by atoms with Crippen molar-refractivity contribution < 1.29 is 15.0 Å². The lowest BCUT2D eigenvalue weighted by Gasteiger charge is -2.22. The van der Waals surface area contributed by atoms with E-state index in [0.717, 1.165) is 36.8 Å². The smallest absolute Gasteiger partial charge is 0.339 e. The van der Waals surface area contributed by atoms with Gasteiger partial charge in [0.15, 0.2) is 0 Å². The number of aromatic hydroxyl groups is 1. The Morgan fingerprint density at radius 2 is 2.15 bits per heavy atom. The zero-order chi connectivity index (χ0) is 14.7. The van der Waals surface area contributed by atoms with E-state index in [2.05, 4.69) is 13.0 Å². The first-order valence-corrected chi connectivity index (χ1v) is 7.30. The number of rotatable bonds is 4. The highest BCUT2D eigenvalue weighted by Gasteiger charge is 2.23. The van der Waals surface area contributed by atoms with Crippen LogP contribution in [0.3, 0.4) is 0 Å². The Balaban J connectivity index is 2.48. The molecule has 1 aliphatic carbocycles. The van der Waals surface area contributed by atoms with Crippen molar-refractivity contribution in [1.82, 2.24) is 0 Å². The van der Waals surface area contributed by atoms with Crippen LogP contribution in [-0.2, 0) is 6.42 Å². The molecule has 2 N–H and O–H groups in total. The van der Waals surface area contributed by atoms with Crippen LogP contribution in [0.15, 0.2) is 23.8 Å². The summed E-state index contributed by atoms with van der Waals surface area (Å²) in [6, 6.07) is 3.76. The maximum atomic E-state index is 11.4. The molecule has 0 saturated heterocycles. The Bertz CT molecular complexity index is 543. The molecule has 0 bridgehead atoms. The highest BCUT2D eigenvalue weighted by atomic mass is 16.4. The second-order valence-electron chi connectivity index (χ2n) is 5.60. The van der Waals surface area contributed by atoms with E-state index in [-0.39, 0.29) is 17.2 Å². The average molecular weight is 274 g/mol. The van der Waals surface area contributed by atoms with Gasteiger partial charge in [-0.05, 0) is 38.2 Å². The van der Waals surface area contributed by atoms with Crippen LogP contribution in [-0.4, -0.2) is 16.2 Å². The van der Waals surface area contributed by atoms with Crippen molar-refractivity contribution in [1.29, 1.82) is 0 Å². The van der Waals surface area contributed by atoms with Crippen LogP contribution in [0.2, 0.25) is 0 Å². The van der Waals surface area contributed by atoms with Crippen LogP contribution < -0.4 is 0 Å². The summed E-state index contributed by atoms with van der Waals surface area (Å²) in [5, 5.41) is 19.8. The maximum absolute atomic E-state index is 11.4. The van der Waals surface area contributed by atoms with Gasteiger partial charge in [-0.2, -0.15) is 0 Å². The van der Waals surface area contributed by atoms with Gasteiger partial charge in [-0.1, -0.05) is 37.1 Å². The van der Waals surface area contributed by atoms with Gasteiger partial charge in [0.05, 0.1) is 0 Å². The standard InChI is InChI=1S/C17H22O3/c1-3-5-12-8-9-14(16(18)15(12)17(19)20)13-7-4-6-11(2)10-13/h8-10,13,18H,3-7H2,1-2H3,(H,19,20)/t13-/m0/s1. The number of hydrogen-bond donors (Lipinski definition) is 2. The van der Waals surface area contributed by atoms with Crippen LogP contribution in [0, 0.1) is 0 Å². The van der Waals surface area contributed by atoms with Gasteiger partial charge in [0, 0.05) is 11.5 Å². The molecule has 2 rings (SSSR count). The Labute approximate surface area is 120 Å². The fraction of sp³-hybridized carbons (Fsp3) is 0.471. The number of aromatic carboxylic acids is 1. The average Bonchev–Trinajstić information content (AvgIpc) is 2.38. The summed E-state index contributed by atoms with van der Waals surface area (Å²) in [5.41, 5.74) is 2.87. The Hall–Kier alpha value is -1.77. The normalized spacial score (nSPS) is 18.7. The minimum absolute atomic E-state index is 0.0422. The number of benzene rings is 1. The van der Waals surface area contributed by atoms with Crippen LogP contribution in [0.1, 0.15) is 66.9 Å². The first-order chi connectivity index (χ1) is 9.54. The number of hydrogen-bond acceptors (Lipinski definition) is 2. The van der Waals surface area contributed by atoms with Gasteiger partial charge in [0.1, 0.15) is 11.3 Å². The number of allylic oxidation sites excluding steroid dienone is 2. The predicted molar refractivity (Wildman–Crippen MR) is 79.4 cm³/mol. The van der Waals surface area contributed by atoms with Crippen LogP contribution in [0.4, 0.5) is 0 Å². The quantitative estimate of drug-likeness (QED) is 0.807. The SMILES string of the molecule is CCCc1ccc([C@@H]2C=C(C)CCC2)c(O)c1C(=O)O. The van der Waals surface area contributed by atoms with Crippen molar-refractivity contribution in [2.75, 3.05) is 0 Å². The summed E-state index contributed by atoms with van der Waals surface area (Å²) in [7, 11) is 0. The number of aryl methyl sites for hydroxylation is 1. The van der Waals surface area contributed by atoms with Crippen molar-refractivity contribution in [2.45, 2.75) is 51.9 Å². The minimum atomic E-state index is -1.04. The molecule has 3 heteroatoms. The second kappa shape index (κ2) is 6.12. The second-order valence-corrected chi connectivity index (χ2v) is 5.60. The van der Waals surface area contributed by atoms with E-state index >= 15 is 0 Å². The van der Waals surface area contributed by atoms with Crippen LogP contribution in [0.5, 0.6) is 5.75 Å². The molecule has 108 valence electrons. The van der Waals surface area contributed by atoms with Crippen molar-refractivity contribution in [2.24, 2.45) is 0 Å². The minimum Gasteiger partial charge on any atom is -0.507 e. The summed E-state index contributed by atoms with van der Waals surface area (Å²) < 4.78 is 0. The largest absolute Gasteiger partial charge is 0.507 e. The molecule has 0 fully saturated rings. The molecule has 0 spiro atoms. The number of carboxylic acids is 1. The van der Waals surface area contributed by atoms with E-state index in [1.54, 1.807) is 0 Å². The zero-order valence-electron chi connectivity index (χ0n) is 12.1. The lowest BCUT2D eigenvalue weighted by molar-refractivity contribution is 0.0692. The third-order valence-corrected chi connectivity index (χ3v) is 4.00. The maximum Gasteiger partial charge on any atom is 0.339 e. The monoisotopic (exact) mass is 274 g/mol. The molecular weight excluding hydrogens is 252 g/mol. The van der Waals surface area contributed by atoms with E-state index in [9.17, 15) is 15.0 Å². The van der Waals surface area contributed by atoms with Crippen LogP contribution in [0.25, 0.3) is 0 Å². The van der Waals surface area contributed by atoms with Gasteiger partial charge in [-0.25, -0.2) is 4.79 Å². The molecule has 0 unspecified atom stereocenters. The molecular formula is C17H22O3. The van der Waals surface area contributed by atoms with Gasteiger partial charge < -0.3 is 10.2 Å². The molecule has 1 aromatic rings. The molecule has 1 atom stereocenters. The van der Waals surface area contributed by atoms with E-state index in [4.69, 9.17) is 0 Å². The molecule has 0 aliphatic heterocycles. The molecule has 20 heavy (non-hydrogen) atoms. The highest BCUT2D eigenvalue weighted by molar-refractivity contribution is 5.93. The lowest BCUT2D eigenvalue weighted by Crippen LogP contribution is -2.08. The molecule has 0 radical (unpaired) electrons. The Kier molecular flexibility index (Phi) is 4.48. The van der Waals surface area contributed by atoms with Gasteiger partial charge in [-0.3, -0.25) is 0 Å². The third-order valence-electron chi connectivity index (χ3n) is 4.00. The van der Waals surface area contributed by atoms with Gasteiger partial charge in [-0.15, -0.1) is 0 Å². The van der Waals surface area contributed by atoms with E-state index in [1.807, 2.05) is 19.1 Å². The molecule has 1 aliphatic rings. The summed E-state index contributed by atoms with van der Waals surface area (Å²) in [6.45, 7) is 4.09. The van der Waals surface area contributed by atoms with Crippen molar-refractivity contribution >= 4 is 5.97 Å². The van der Waals surface area contributed by atoms with E-state index in [1.165, 1.54) is 5.57 Å². The summed E-state index contributed by atoms with van der Waals surface area (Å²) in [6.07, 6.45) is 6.85. The first kappa shape index (κ1) is 14.6. The summed E-state index contributed by atoms with van der Waals surface area (Å²) in [5.74, 6) is -0.943.